The van der Waals surface area contributed by atoms with Crippen molar-refractivity contribution in [3.63, 3.8) is 0 Å². The number of hydrogen-bond acceptors (Lipinski definition) is 3. The molecule has 24 heavy (non-hydrogen) atoms. The molecular weight excluding hydrogens is 372 g/mol. The smallest absolute Gasteiger partial charge is 0.333 e. The third kappa shape index (κ3) is 3.19. The van der Waals surface area contributed by atoms with Crippen molar-refractivity contribution in [3.05, 3.63) is 64.3 Å². The third-order valence-corrected chi connectivity index (χ3v) is 4.08. The van der Waals surface area contributed by atoms with Crippen LogP contribution in [-0.4, -0.2) is 18.5 Å². The van der Waals surface area contributed by atoms with Gasteiger partial charge in [0.15, 0.2) is 0 Å². The van der Waals surface area contributed by atoms with Gasteiger partial charge >= 0.3 is 6.03 Å². The number of amides is 3. The van der Waals surface area contributed by atoms with Gasteiger partial charge < -0.3 is 10.1 Å². The highest BCUT2D eigenvalue weighted by Crippen LogP contribution is 2.28. The van der Waals surface area contributed by atoms with E-state index in [0.29, 0.717) is 12.3 Å². The first-order valence-electron chi connectivity index (χ1n) is 7.44. The van der Waals surface area contributed by atoms with Crippen LogP contribution in [0, 0.1) is 0 Å². The molecule has 0 spiro atoms. The van der Waals surface area contributed by atoms with Crippen molar-refractivity contribution in [3.8, 4) is 5.75 Å². The van der Waals surface area contributed by atoms with Gasteiger partial charge in [-0.25, -0.2) is 9.69 Å². The van der Waals surface area contributed by atoms with E-state index in [1.54, 1.807) is 30.3 Å². The molecule has 0 bridgehead atoms. The molecule has 5 nitrogen and oxygen atoms in total. The minimum Gasteiger partial charge on any atom is -0.493 e. The van der Waals surface area contributed by atoms with E-state index in [4.69, 9.17) is 4.74 Å². The van der Waals surface area contributed by atoms with Crippen molar-refractivity contribution in [2.24, 2.45) is 0 Å². The quantitative estimate of drug-likeness (QED) is 0.639. The second kappa shape index (κ2) is 6.88. The number of para-hydroxylation sites is 1. The van der Waals surface area contributed by atoms with Gasteiger partial charge in [-0.15, -0.1) is 0 Å². The minimum atomic E-state index is -0.456. The zero-order chi connectivity index (χ0) is 17.1. The summed E-state index contributed by atoms with van der Waals surface area (Å²) in [5.74, 6) is 0.351. The summed E-state index contributed by atoms with van der Waals surface area (Å²) in [5.41, 5.74) is 1.56. The van der Waals surface area contributed by atoms with Crippen LogP contribution in [0.2, 0.25) is 0 Å². The molecule has 0 aromatic heterocycles. The van der Waals surface area contributed by atoms with Gasteiger partial charge in [0.25, 0.3) is 5.91 Å². The molecule has 3 rings (SSSR count). The molecule has 0 unspecified atom stereocenters. The molecule has 0 atom stereocenters. The number of rotatable bonds is 4. The van der Waals surface area contributed by atoms with Crippen molar-refractivity contribution >= 4 is 39.6 Å². The number of urea groups is 1. The summed E-state index contributed by atoms with van der Waals surface area (Å²) in [6, 6.07) is 13.8. The Morgan fingerprint density at radius 2 is 1.92 bits per heavy atom. The van der Waals surface area contributed by atoms with E-state index in [1.165, 1.54) is 0 Å². The van der Waals surface area contributed by atoms with Crippen LogP contribution in [0.1, 0.15) is 12.5 Å². The zero-order valence-electron chi connectivity index (χ0n) is 13.0. The monoisotopic (exact) mass is 386 g/mol. The fourth-order valence-electron chi connectivity index (χ4n) is 2.39. The average molecular weight is 387 g/mol. The van der Waals surface area contributed by atoms with Crippen LogP contribution < -0.4 is 15.0 Å². The van der Waals surface area contributed by atoms with Gasteiger partial charge in [-0.05, 0) is 58.8 Å². The zero-order valence-corrected chi connectivity index (χ0v) is 14.5. The molecule has 122 valence electrons. The van der Waals surface area contributed by atoms with Gasteiger partial charge in [-0.1, -0.05) is 24.3 Å². The molecule has 1 aliphatic rings. The van der Waals surface area contributed by atoms with E-state index < -0.39 is 6.03 Å². The number of nitrogens with zero attached hydrogens (tertiary/aromatic N) is 1. The van der Waals surface area contributed by atoms with Crippen molar-refractivity contribution in [1.82, 2.24) is 5.32 Å². The Morgan fingerprint density at radius 3 is 2.58 bits per heavy atom. The molecule has 2 aromatic rings. The lowest BCUT2D eigenvalue weighted by Crippen LogP contribution is -2.30. The summed E-state index contributed by atoms with van der Waals surface area (Å²) in [6.07, 6.45) is 1.64. The van der Waals surface area contributed by atoms with E-state index in [2.05, 4.69) is 21.2 Å². The Morgan fingerprint density at radius 1 is 1.17 bits per heavy atom. The normalized spacial score (nSPS) is 15.8. The van der Waals surface area contributed by atoms with Crippen LogP contribution in [0.4, 0.5) is 10.5 Å². The lowest BCUT2D eigenvalue weighted by atomic mass is 10.2. The number of nitrogens with one attached hydrogen (secondary N) is 1. The first-order chi connectivity index (χ1) is 11.6. The third-order valence-electron chi connectivity index (χ3n) is 3.46. The summed E-state index contributed by atoms with van der Waals surface area (Å²) < 4.78 is 6.25. The highest BCUT2D eigenvalue weighted by atomic mass is 79.9. The number of hydrogen-bond donors (Lipinski definition) is 1. The molecule has 1 saturated heterocycles. The molecular formula is C18H15BrN2O3. The second-order valence-electron chi connectivity index (χ2n) is 5.09. The van der Waals surface area contributed by atoms with E-state index >= 15 is 0 Å². The van der Waals surface area contributed by atoms with Crippen molar-refractivity contribution in [1.29, 1.82) is 0 Å². The average Bonchev–Trinajstić information content (AvgIpc) is 2.85. The predicted octanol–water partition coefficient (Wildman–Crippen LogP) is 3.95. The molecule has 3 amide bonds. The second-order valence-corrected chi connectivity index (χ2v) is 5.94. The van der Waals surface area contributed by atoms with Gasteiger partial charge in [-0.2, -0.15) is 0 Å². The maximum absolute atomic E-state index is 12.5. The molecule has 6 heteroatoms. The van der Waals surface area contributed by atoms with Gasteiger partial charge in [0.1, 0.15) is 11.4 Å². The highest BCUT2D eigenvalue weighted by Gasteiger charge is 2.34. The Balaban J connectivity index is 1.88. The number of carbonyl (C=O) groups is 2. The van der Waals surface area contributed by atoms with Crippen LogP contribution in [-0.2, 0) is 4.79 Å². The number of ether oxygens (including phenoxy) is 1. The van der Waals surface area contributed by atoms with Crippen LogP contribution in [0.3, 0.4) is 0 Å². The molecule has 1 aliphatic heterocycles. The van der Waals surface area contributed by atoms with Gasteiger partial charge in [-0.3, -0.25) is 4.79 Å². The van der Waals surface area contributed by atoms with E-state index in [9.17, 15) is 9.59 Å². The van der Waals surface area contributed by atoms with Crippen molar-refractivity contribution < 1.29 is 14.3 Å². The van der Waals surface area contributed by atoms with Gasteiger partial charge in [0.2, 0.25) is 0 Å². The van der Waals surface area contributed by atoms with E-state index in [0.717, 1.165) is 20.7 Å². The summed E-state index contributed by atoms with van der Waals surface area (Å²) in [4.78, 5) is 25.7. The van der Waals surface area contributed by atoms with Gasteiger partial charge in [0.05, 0.1) is 16.8 Å². The highest BCUT2D eigenvalue weighted by molar-refractivity contribution is 9.10. The molecule has 1 heterocycles. The fourth-order valence-corrected chi connectivity index (χ4v) is 2.90. The molecule has 1 fully saturated rings. The topological polar surface area (TPSA) is 58.6 Å². The van der Waals surface area contributed by atoms with Gasteiger partial charge in [0, 0.05) is 0 Å². The number of carbonyl (C=O) groups excluding carboxylic acids is 2. The molecule has 0 aliphatic carbocycles. The summed E-state index contributed by atoms with van der Waals surface area (Å²) in [6.45, 7) is 2.48. The van der Waals surface area contributed by atoms with Crippen molar-refractivity contribution in [2.75, 3.05) is 11.5 Å². The summed E-state index contributed by atoms with van der Waals surface area (Å²) in [7, 11) is 0. The first kappa shape index (κ1) is 16.3. The Bertz CT molecular complexity index is 818. The van der Waals surface area contributed by atoms with E-state index in [-0.39, 0.29) is 11.6 Å². The SMILES string of the molecule is CCOc1ccc(/C=C2\NC(=O)N(c3ccccc3)C2=O)cc1Br. The maximum atomic E-state index is 12.5. The van der Waals surface area contributed by atoms with Crippen LogP contribution in [0.5, 0.6) is 5.75 Å². The minimum absolute atomic E-state index is 0.236. The van der Waals surface area contributed by atoms with Crippen LogP contribution in [0.15, 0.2) is 58.7 Å². The Kier molecular flexibility index (Phi) is 4.66. The molecule has 0 saturated carbocycles. The molecule has 0 radical (unpaired) electrons. The lowest BCUT2D eigenvalue weighted by molar-refractivity contribution is -0.113. The Labute approximate surface area is 148 Å². The number of imide groups is 1. The predicted molar refractivity (Wildman–Crippen MR) is 95.7 cm³/mol. The Hall–Kier alpha value is -2.60. The van der Waals surface area contributed by atoms with E-state index in [1.807, 2.05) is 31.2 Å². The number of benzene rings is 2. The number of halogens is 1. The standard InChI is InChI=1S/C18H15BrN2O3/c1-2-24-16-9-8-12(10-14(16)19)11-15-17(22)21(18(23)20-15)13-6-4-3-5-7-13/h3-11H,2H2,1H3,(H,20,23)/b15-11-. The van der Waals surface area contributed by atoms with Crippen molar-refractivity contribution in [2.45, 2.75) is 6.92 Å². The molecule has 2 aromatic carbocycles. The summed E-state index contributed by atoms with van der Waals surface area (Å²) >= 11 is 3.44. The first-order valence-corrected chi connectivity index (χ1v) is 8.24. The fraction of sp³-hybridized carbons (Fsp3) is 0.111. The largest absolute Gasteiger partial charge is 0.493 e. The molecule has 1 N–H and O–H groups in total. The maximum Gasteiger partial charge on any atom is 0.333 e. The van der Waals surface area contributed by atoms with Crippen LogP contribution >= 0.6 is 15.9 Å². The number of anilines is 1. The lowest BCUT2D eigenvalue weighted by Gasteiger charge is -2.10. The van der Waals surface area contributed by atoms with Crippen LogP contribution in [0.25, 0.3) is 6.08 Å². The summed E-state index contributed by atoms with van der Waals surface area (Å²) in [5, 5.41) is 2.61.